The molecule has 1 fully saturated rings. The van der Waals surface area contributed by atoms with Gasteiger partial charge in [0.05, 0.1) is 6.42 Å². The third-order valence-corrected chi connectivity index (χ3v) is 2.57. The smallest absolute Gasteiger partial charge is 0.422 e. The normalized spacial score (nSPS) is 21.6. The van der Waals surface area contributed by atoms with E-state index < -0.39 is 55.2 Å². The Morgan fingerprint density at radius 1 is 1.30 bits per heavy atom. The van der Waals surface area contributed by atoms with Crippen molar-refractivity contribution >= 4 is 17.9 Å². The summed E-state index contributed by atoms with van der Waals surface area (Å²) < 4.78 is 75.6. The third kappa shape index (κ3) is 4.89. The van der Waals surface area contributed by atoms with Crippen molar-refractivity contribution < 1.29 is 50.5 Å². The highest BCUT2D eigenvalue weighted by atomic mass is 19.4. The Hall–Kier alpha value is -2.20. The van der Waals surface area contributed by atoms with E-state index in [1.165, 1.54) is 6.92 Å². The van der Waals surface area contributed by atoms with Crippen LogP contribution in [0.25, 0.3) is 0 Å². The molecule has 2 atom stereocenters. The van der Waals surface area contributed by atoms with Crippen LogP contribution in [0.3, 0.4) is 0 Å². The molecular weight excluding hydrogens is 335 g/mol. The summed E-state index contributed by atoms with van der Waals surface area (Å²) in [6.45, 7) is 2.15. The summed E-state index contributed by atoms with van der Waals surface area (Å²) in [6, 6.07) is 0. The van der Waals surface area contributed by atoms with E-state index in [9.17, 15) is 36.3 Å². The van der Waals surface area contributed by atoms with E-state index in [0.717, 1.165) is 0 Å². The van der Waals surface area contributed by atoms with Gasteiger partial charge in [0.1, 0.15) is 0 Å². The Kier molecular flexibility index (Phi) is 5.33. The Labute approximate surface area is 126 Å². The summed E-state index contributed by atoms with van der Waals surface area (Å²) in [7, 11) is 0. The van der Waals surface area contributed by atoms with Crippen molar-refractivity contribution in [1.29, 1.82) is 0 Å². The zero-order valence-electron chi connectivity index (χ0n) is 11.6. The second-order valence-electron chi connectivity index (χ2n) is 4.65. The molecule has 23 heavy (non-hydrogen) atoms. The molecule has 0 aromatic heterocycles. The molecule has 2 unspecified atom stereocenters. The third-order valence-electron chi connectivity index (χ3n) is 2.57. The van der Waals surface area contributed by atoms with Crippen LogP contribution < -0.4 is 0 Å². The highest BCUT2D eigenvalue weighted by Crippen LogP contribution is 2.34. The van der Waals surface area contributed by atoms with Gasteiger partial charge in [-0.25, -0.2) is 9.59 Å². The first-order valence-electron chi connectivity index (χ1n) is 6.02. The average Bonchev–Trinajstić information content (AvgIpc) is 2.76. The van der Waals surface area contributed by atoms with Crippen molar-refractivity contribution in [2.45, 2.75) is 37.7 Å². The fourth-order valence-electron chi connectivity index (χ4n) is 1.55. The van der Waals surface area contributed by atoms with E-state index >= 15 is 0 Å². The number of halogens is 5. The van der Waals surface area contributed by atoms with E-state index in [1.807, 2.05) is 0 Å². The summed E-state index contributed by atoms with van der Waals surface area (Å²) in [5.74, 6) is -9.52. The molecule has 1 saturated heterocycles. The molecule has 0 radical (unpaired) electrons. The standard InChI is InChI=1S/C12H11F5O6/c1-5(2)9(19)22-6-3-7(18)23-8(6)12(16,17)10(20)21-4-11(13,14)15/h6,8H,1,3-4H2,2H3. The van der Waals surface area contributed by atoms with E-state index in [2.05, 4.69) is 20.8 Å². The lowest BCUT2D eigenvalue weighted by Crippen LogP contribution is -2.49. The minimum atomic E-state index is -5.01. The van der Waals surface area contributed by atoms with Crippen LogP contribution in [-0.2, 0) is 28.6 Å². The van der Waals surface area contributed by atoms with Crippen LogP contribution in [0.4, 0.5) is 22.0 Å². The molecular formula is C12H11F5O6. The van der Waals surface area contributed by atoms with Crippen LogP contribution in [0.1, 0.15) is 13.3 Å². The van der Waals surface area contributed by atoms with Gasteiger partial charge in [-0.1, -0.05) is 6.58 Å². The lowest BCUT2D eigenvalue weighted by atomic mass is 10.1. The molecule has 6 nitrogen and oxygen atoms in total. The zero-order chi connectivity index (χ0) is 18.0. The summed E-state index contributed by atoms with van der Waals surface area (Å²) in [5, 5.41) is 0. The number of rotatable bonds is 5. The van der Waals surface area contributed by atoms with Crippen LogP contribution >= 0.6 is 0 Å². The van der Waals surface area contributed by atoms with Gasteiger partial charge >= 0.3 is 30.0 Å². The molecule has 0 N–H and O–H groups in total. The molecule has 0 bridgehead atoms. The van der Waals surface area contributed by atoms with E-state index in [-0.39, 0.29) is 5.57 Å². The molecule has 1 rings (SSSR count). The molecule has 1 heterocycles. The number of esters is 3. The van der Waals surface area contributed by atoms with E-state index in [1.54, 1.807) is 0 Å². The van der Waals surface area contributed by atoms with Crippen molar-refractivity contribution in [3.63, 3.8) is 0 Å². The minimum absolute atomic E-state index is 0.175. The maximum atomic E-state index is 13.8. The van der Waals surface area contributed by atoms with Gasteiger partial charge in [0.15, 0.2) is 12.7 Å². The molecule has 0 aromatic rings. The van der Waals surface area contributed by atoms with Gasteiger partial charge in [-0.15, -0.1) is 0 Å². The fraction of sp³-hybridized carbons (Fsp3) is 0.583. The second-order valence-corrected chi connectivity index (χ2v) is 4.65. The molecule has 0 saturated carbocycles. The van der Waals surface area contributed by atoms with Crippen LogP contribution in [0.2, 0.25) is 0 Å². The predicted octanol–water partition coefficient (Wildman–Crippen LogP) is 1.53. The molecule has 0 aliphatic carbocycles. The highest BCUT2D eigenvalue weighted by molar-refractivity contribution is 5.88. The predicted molar refractivity (Wildman–Crippen MR) is 61.2 cm³/mol. The highest BCUT2D eigenvalue weighted by Gasteiger charge is 2.60. The monoisotopic (exact) mass is 346 g/mol. The summed E-state index contributed by atoms with van der Waals surface area (Å²) in [6.07, 6.45) is -10.2. The maximum Gasteiger partial charge on any atom is 0.422 e. The SMILES string of the molecule is C=C(C)C(=O)OC1CC(=O)OC1C(F)(F)C(=O)OCC(F)(F)F. The topological polar surface area (TPSA) is 78.9 Å². The van der Waals surface area contributed by atoms with Gasteiger partial charge < -0.3 is 14.2 Å². The van der Waals surface area contributed by atoms with Crippen LogP contribution in [0.5, 0.6) is 0 Å². The molecule has 0 spiro atoms. The number of carbonyl (C=O) groups is 3. The first kappa shape index (κ1) is 18.8. The largest absolute Gasteiger partial charge is 0.454 e. The second kappa shape index (κ2) is 6.50. The maximum absolute atomic E-state index is 13.8. The van der Waals surface area contributed by atoms with Crippen molar-refractivity contribution in [2.24, 2.45) is 0 Å². The first-order valence-corrected chi connectivity index (χ1v) is 6.02. The number of carbonyl (C=O) groups excluding carboxylic acids is 3. The number of alkyl halides is 5. The van der Waals surface area contributed by atoms with Gasteiger partial charge in [-0.3, -0.25) is 4.79 Å². The van der Waals surface area contributed by atoms with E-state index in [4.69, 9.17) is 0 Å². The van der Waals surface area contributed by atoms with Crippen LogP contribution in [-0.4, -0.2) is 48.8 Å². The molecule has 1 aliphatic rings. The van der Waals surface area contributed by atoms with Crippen molar-refractivity contribution in [3.8, 4) is 0 Å². The Bertz CT molecular complexity index is 527. The summed E-state index contributed by atoms with van der Waals surface area (Å²) in [5.41, 5.74) is -0.175. The van der Waals surface area contributed by atoms with Crippen LogP contribution in [0.15, 0.2) is 12.2 Å². The van der Waals surface area contributed by atoms with Gasteiger partial charge in [0.25, 0.3) is 0 Å². The number of hydrogen-bond acceptors (Lipinski definition) is 6. The van der Waals surface area contributed by atoms with Crippen molar-refractivity contribution in [2.75, 3.05) is 6.61 Å². The van der Waals surface area contributed by atoms with Gasteiger partial charge in [-0.05, 0) is 6.92 Å². The first-order chi connectivity index (χ1) is 10.3. The number of hydrogen-bond donors (Lipinski definition) is 0. The van der Waals surface area contributed by atoms with Crippen molar-refractivity contribution in [1.82, 2.24) is 0 Å². The molecule has 0 aromatic carbocycles. The fourth-order valence-corrected chi connectivity index (χ4v) is 1.55. The average molecular weight is 346 g/mol. The lowest BCUT2D eigenvalue weighted by Gasteiger charge is -2.24. The molecule has 11 heteroatoms. The number of cyclic esters (lactones) is 1. The Morgan fingerprint density at radius 2 is 1.87 bits per heavy atom. The van der Waals surface area contributed by atoms with Gasteiger partial charge in [-0.2, -0.15) is 22.0 Å². The lowest BCUT2D eigenvalue weighted by molar-refractivity contribution is -0.219. The van der Waals surface area contributed by atoms with E-state index in [0.29, 0.717) is 0 Å². The number of ether oxygens (including phenoxy) is 3. The Morgan fingerprint density at radius 3 is 2.35 bits per heavy atom. The Balaban J connectivity index is 2.86. The molecule has 130 valence electrons. The summed E-state index contributed by atoms with van der Waals surface area (Å²) >= 11 is 0. The summed E-state index contributed by atoms with van der Waals surface area (Å²) in [4.78, 5) is 33.6. The zero-order valence-corrected chi connectivity index (χ0v) is 11.6. The molecule has 0 amide bonds. The quantitative estimate of drug-likeness (QED) is 0.325. The molecule has 1 aliphatic heterocycles. The van der Waals surface area contributed by atoms with Crippen LogP contribution in [0, 0.1) is 0 Å². The van der Waals surface area contributed by atoms with Gasteiger partial charge in [0, 0.05) is 5.57 Å². The van der Waals surface area contributed by atoms with Gasteiger partial charge in [0.2, 0.25) is 6.10 Å². The van der Waals surface area contributed by atoms with Crippen molar-refractivity contribution in [3.05, 3.63) is 12.2 Å². The minimum Gasteiger partial charge on any atom is -0.454 e.